The topological polar surface area (TPSA) is 29.1 Å². The van der Waals surface area contributed by atoms with Gasteiger partial charge in [-0.15, -0.1) is 0 Å². The number of carbonyl (C=O) groups is 1. The Bertz CT molecular complexity index is 106. The van der Waals surface area contributed by atoms with E-state index in [2.05, 4.69) is 5.32 Å². The zero-order valence-corrected chi connectivity index (χ0v) is 5.86. The van der Waals surface area contributed by atoms with Gasteiger partial charge in [-0.25, -0.2) is 8.78 Å². The first-order valence-corrected chi connectivity index (χ1v) is 3.11. The summed E-state index contributed by atoms with van der Waals surface area (Å²) in [5.74, 6) is 0.0155. The molecule has 60 valence electrons. The predicted octanol–water partition coefficient (Wildman–Crippen LogP) is 0.820. The van der Waals surface area contributed by atoms with Crippen LogP contribution in [0.2, 0.25) is 0 Å². The van der Waals surface area contributed by atoms with Crippen LogP contribution in [0.25, 0.3) is 0 Å². The van der Waals surface area contributed by atoms with Gasteiger partial charge in [0.1, 0.15) is 5.78 Å². The molecule has 0 fully saturated rings. The van der Waals surface area contributed by atoms with Crippen molar-refractivity contribution in [2.24, 2.45) is 0 Å². The van der Waals surface area contributed by atoms with Crippen LogP contribution in [0.5, 0.6) is 0 Å². The molecular formula is C6H11F2NO. The van der Waals surface area contributed by atoms with E-state index in [-0.39, 0.29) is 12.3 Å². The molecular weight excluding hydrogens is 140 g/mol. The normalized spacial score (nSPS) is 10.4. The van der Waals surface area contributed by atoms with Gasteiger partial charge in [0, 0.05) is 13.0 Å². The molecule has 0 saturated heterocycles. The highest BCUT2D eigenvalue weighted by molar-refractivity contribution is 5.75. The lowest BCUT2D eigenvalue weighted by molar-refractivity contribution is -0.116. The van der Waals surface area contributed by atoms with E-state index < -0.39 is 6.43 Å². The SMILES string of the molecule is CC(=O)CCNCC(F)F. The Kier molecular flexibility index (Phi) is 5.02. The van der Waals surface area contributed by atoms with E-state index in [1.165, 1.54) is 6.92 Å². The second kappa shape index (κ2) is 5.29. The van der Waals surface area contributed by atoms with Crippen molar-refractivity contribution in [1.82, 2.24) is 5.32 Å². The van der Waals surface area contributed by atoms with E-state index in [0.717, 1.165) is 0 Å². The van der Waals surface area contributed by atoms with Crippen molar-refractivity contribution < 1.29 is 13.6 Å². The lowest BCUT2D eigenvalue weighted by atomic mass is 10.3. The number of carbonyl (C=O) groups excluding carboxylic acids is 1. The number of alkyl halides is 2. The molecule has 0 aromatic heterocycles. The van der Waals surface area contributed by atoms with E-state index >= 15 is 0 Å². The highest BCUT2D eigenvalue weighted by atomic mass is 19.3. The summed E-state index contributed by atoms with van der Waals surface area (Å²) in [6.07, 6.45) is -2.00. The van der Waals surface area contributed by atoms with Crippen molar-refractivity contribution in [2.75, 3.05) is 13.1 Å². The molecule has 0 aromatic rings. The van der Waals surface area contributed by atoms with E-state index in [1.54, 1.807) is 0 Å². The minimum absolute atomic E-state index is 0.0155. The van der Waals surface area contributed by atoms with Crippen LogP contribution in [0.3, 0.4) is 0 Å². The maximum Gasteiger partial charge on any atom is 0.250 e. The molecule has 1 N–H and O–H groups in total. The Morgan fingerprint density at radius 3 is 2.60 bits per heavy atom. The highest BCUT2D eigenvalue weighted by Gasteiger charge is 2.00. The maximum atomic E-state index is 11.4. The molecule has 0 amide bonds. The molecule has 0 spiro atoms. The number of rotatable bonds is 5. The highest BCUT2D eigenvalue weighted by Crippen LogP contribution is 1.87. The largest absolute Gasteiger partial charge is 0.311 e. The molecule has 4 heteroatoms. The summed E-state index contributed by atoms with van der Waals surface area (Å²) in [7, 11) is 0. The van der Waals surface area contributed by atoms with Crippen LogP contribution in [0.4, 0.5) is 8.78 Å². The minimum atomic E-state index is -2.33. The Balaban J connectivity index is 2.98. The number of hydrogen-bond acceptors (Lipinski definition) is 2. The number of nitrogens with one attached hydrogen (secondary N) is 1. The third-order valence-corrected chi connectivity index (χ3v) is 0.952. The third-order valence-electron chi connectivity index (χ3n) is 0.952. The number of halogens is 2. The smallest absolute Gasteiger partial charge is 0.250 e. The standard InChI is InChI=1S/C6H11F2NO/c1-5(10)2-3-9-4-6(7)8/h6,9H,2-4H2,1H3. The number of hydrogen-bond donors (Lipinski definition) is 1. The second-order valence-electron chi connectivity index (χ2n) is 2.05. The fraction of sp³-hybridized carbons (Fsp3) is 0.833. The molecule has 0 aromatic carbocycles. The fourth-order valence-corrected chi connectivity index (χ4v) is 0.476. The van der Waals surface area contributed by atoms with Gasteiger partial charge in [-0.1, -0.05) is 0 Å². The van der Waals surface area contributed by atoms with E-state index in [9.17, 15) is 13.6 Å². The van der Waals surface area contributed by atoms with E-state index in [0.29, 0.717) is 13.0 Å². The molecule has 0 heterocycles. The van der Waals surface area contributed by atoms with Gasteiger partial charge >= 0.3 is 0 Å². The summed E-state index contributed by atoms with van der Waals surface area (Å²) < 4.78 is 22.8. The zero-order chi connectivity index (χ0) is 7.98. The molecule has 0 bridgehead atoms. The molecule has 0 unspecified atom stereocenters. The molecule has 0 aliphatic rings. The Labute approximate surface area is 58.6 Å². The number of Topliss-reactive ketones (excluding diaryl/α,β-unsaturated/α-hetero) is 1. The predicted molar refractivity (Wildman–Crippen MR) is 34.2 cm³/mol. The number of ketones is 1. The molecule has 0 saturated carbocycles. The molecule has 0 aliphatic carbocycles. The average Bonchev–Trinajstić information content (AvgIpc) is 1.79. The summed E-state index contributed by atoms with van der Waals surface area (Å²) in [5, 5.41) is 2.45. The van der Waals surface area contributed by atoms with Gasteiger partial charge in [0.2, 0.25) is 0 Å². The van der Waals surface area contributed by atoms with Gasteiger partial charge in [-0.05, 0) is 6.92 Å². The van der Waals surface area contributed by atoms with E-state index in [4.69, 9.17) is 0 Å². The van der Waals surface area contributed by atoms with Crippen LogP contribution in [0.1, 0.15) is 13.3 Å². The molecule has 0 radical (unpaired) electrons. The van der Waals surface area contributed by atoms with Crippen molar-refractivity contribution >= 4 is 5.78 Å². The molecule has 0 rings (SSSR count). The van der Waals surface area contributed by atoms with Gasteiger partial charge < -0.3 is 5.32 Å². The third kappa shape index (κ3) is 7.49. The maximum absolute atomic E-state index is 11.4. The lowest BCUT2D eigenvalue weighted by Gasteiger charge is -2.00. The van der Waals surface area contributed by atoms with Crippen molar-refractivity contribution in [3.05, 3.63) is 0 Å². The monoisotopic (exact) mass is 151 g/mol. The first-order chi connectivity index (χ1) is 4.63. The molecule has 0 atom stereocenters. The Morgan fingerprint density at radius 2 is 2.20 bits per heavy atom. The van der Waals surface area contributed by atoms with Crippen molar-refractivity contribution in [2.45, 2.75) is 19.8 Å². The van der Waals surface area contributed by atoms with Crippen LogP contribution < -0.4 is 5.32 Å². The van der Waals surface area contributed by atoms with Gasteiger partial charge in [0.15, 0.2) is 0 Å². The van der Waals surface area contributed by atoms with Crippen LogP contribution in [0.15, 0.2) is 0 Å². The fourth-order valence-electron chi connectivity index (χ4n) is 0.476. The van der Waals surface area contributed by atoms with Gasteiger partial charge in [-0.3, -0.25) is 4.79 Å². The quantitative estimate of drug-likeness (QED) is 0.589. The molecule has 0 aliphatic heterocycles. The molecule has 2 nitrogen and oxygen atoms in total. The van der Waals surface area contributed by atoms with Crippen LogP contribution >= 0.6 is 0 Å². The van der Waals surface area contributed by atoms with Crippen LogP contribution in [-0.4, -0.2) is 25.3 Å². The Hall–Kier alpha value is -0.510. The van der Waals surface area contributed by atoms with Crippen molar-refractivity contribution in [3.63, 3.8) is 0 Å². The van der Waals surface area contributed by atoms with E-state index in [1.807, 2.05) is 0 Å². The first-order valence-electron chi connectivity index (χ1n) is 3.11. The van der Waals surface area contributed by atoms with Gasteiger partial charge in [0.25, 0.3) is 6.43 Å². The average molecular weight is 151 g/mol. The van der Waals surface area contributed by atoms with Crippen LogP contribution in [0, 0.1) is 0 Å². The second-order valence-corrected chi connectivity index (χ2v) is 2.05. The summed E-state index contributed by atoms with van der Waals surface area (Å²) >= 11 is 0. The summed E-state index contributed by atoms with van der Waals surface area (Å²) in [6.45, 7) is 1.46. The summed E-state index contributed by atoms with van der Waals surface area (Å²) in [5.41, 5.74) is 0. The summed E-state index contributed by atoms with van der Waals surface area (Å²) in [6, 6.07) is 0. The van der Waals surface area contributed by atoms with Gasteiger partial charge in [0.05, 0.1) is 6.54 Å². The zero-order valence-electron chi connectivity index (χ0n) is 5.86. The van der Waals surface area contributed by atoms with Gasteiger partial charge in [-0.2, -0.15) is 0 Å². The first kappa shape index (κ1) is 9.49. The van der Waals surface area contributed by atoms with Crippen LogP contribution in [-0.2, 0) is 4.79 Å². The minimum Gasteiger partial charge on any atom is -0.311 e. The van der Waals surface area contributed by atoms with Crippen molar-refractivity contribution in [1.29, 1.82) is 0 Å². The lowest BCUT2D eigenvalue weighted by Crippen LogP contribution is -2.23. The Morgan fingerprint density at radius 1 is 1.60 bits per heavy atom. The summed E-state index contributed by atoms with van der Waals surface area (Å²) in [4.78, 5) is 10.3. The molecule has 10 heavy (non-hydrogen) atoms. The van der Waals surface area contributed by atoms with Crippen molar-refractivity contribution in [3.8, 4) is 0 Å².